The Bertz CT molecular complexity index is 2320. The average Bonchev–Trinajstić information content (AvgIpc) is 3.64. The molecule has 3 aromatic rings. The third kappa shape index (κ3) is 18.9. The van der Waals surface area contributed by atoms with Crippen molar-refractivity contribution in [3.05, 3.63) is 107 Å². The van der Waals surface area contributed by atoms with E-state index in [1.807, 2.05) is 83.8 Å². The number of nitrogens with zero attached hydrogens (tertiary/aromatic N) is 5. The Hall–Kier alpha value is -5.43. The second kappa shape index (κ2) is 26.0. The zero-order chi connectivity index (χ0) is 52.7. The van der Waals surface area contributed by atoms with Gasteiger partial charge in [0, 0.05) is 77.3 Å². The number of ether oxygens (including phenoxy) is 3. The van der Waals surface area contributed by atoms with Crippen molar-refractivity contribution in [1.29, 1.82) is 0 Å². The molecule has 72 heavy (non-hydrogen) atoms. The Morgan fingerprint density at radius 1 is 0.667 bits per heavy atom. The van der Waals surface area contributed by atoms with Gasteiger partial charge in [-0.3, -0.25) is 18.7 Å². The molecule has 5 rings (SSSR count). The molecule has 3 aromatic carbocycles. The largest absolute Gasteiger partial charge is 0.472 e. The number of phosphoric acid groups is 1. The molecule has 1 fully saturated rings. The lowest BCUT2D eigenvalue weighted by Gasteiger charge is -2.35. The molecule has 3 atom stereocenters. The van der Waals surface area contributed by atoms with Gasteiger partial charge in [-0.1, -0.05) is 91.9 Å². The normalized spacial score (nSPS) is 18.1. The molecule has 4 amide bonds. The number of amides is 4. The number of hydrogen-bond acceptors (Lipinski definition) is 11. The van der Waals surface area contributed by atoms with Crippen LogP contribution in [-0.2, 0) is 47.2 Å². The van der Waals surface area contributed by atoms with Crippen LogP contribution >= 0.6 is 7.82 Å². The Morgan fingerprint density at radius 3 is 1.68 bits per heavy atom. The maximum atomic E-state index is 14.6. The minimum Gasteiger partial charge on any atom is -0.444 e. The van der Waals surface area contributed by atoms with E-state index >= 15 is 0 Å². The lowest BCUT2D eigenvalue weighted by Crippen LogP contribution is -2.51. The molecule has 0 radical (unpaired) electrons. The number of hydrogen-bond donors (Lipinski definition) is 1. The van der Waals surface area contributed by atoms with Gasteiger partial charge in [0.05, 0.1) is 25.3 Å². The number of benzene rings is 3. The van der Waals surface area contributed by atoms with E-state index in [1.54, 1.807) is 77.0 Å². The molecule has 16 nitrogen and oxygen atoms in total. The average molecular weight is 1020 g/mol. The summed E-state index contributed by atoms with van der Waals surface area (Å²) in [6, 6.07) is 24.3. The van der Waals surface area contributed by atoms with Crippen molar-refractivity contribution in [2.75, 3.05) is 65.5 Å². The number of fused-ring (bicyclic) bond motifs is 1. The quantitative estimate of drug-likeness (QED) is 0.0746. The second-order valence-electron chi connectivity index (χ2n) is 21.3. The SMILES string of the molecule is CCCCc1ccc(C(=O)N(Cc2ccccc2)[C@@H]2c3ccccc3C[C@@H]2OP(=O)(O)OCCC#CCN2CCN(C(=O)OC(C)(C)C)CCN(C(=O)OC(C)(C)C)CCN(C(=O)OC(C)(C)C)CC2)cc1. The fourth-order valence-electron chi connectivity index (χ4n) is 8.25. The number of aryl methyl sites for hydroxylation is 1. The van der Waals surface area contributed by atoms with Crippen molar-refractivity contribution in [3.8, 4) is 11.8 Å². The van der Waals surface area contributed by atoms with Crippen LogP contribution in [0.5, 0.6) is 0 Å². The van der Waals surface area contributed by atoms with E-state index in [1.165, 1.54) is 4.90 Å². The van der Waals surface area contributed by atoms with Crippen molar-refractivity contribution in [2.24, 2.45) is 0 Å². The van der Waals surface area contributed by atoms with Crippen LogP contribution in [0.4, 0.5) is 14.4 Å². The smallest absolute Gasteiger partial charge is 0.444 e. The molecule has 0 spiro atoms. The summed E-state index contributed by atoms with van der Waals surface area (Å²) in [6.45, 7) is 20.1. The van der Waals surface area contributed by atoms with Gasteiger partial charge in [-0.25, -0.2) is 18.9 Å². The summed E-state index contributed by atoms with van der Waals surface area (Å²) in [6.07, 6.45) is 0.900. The van der Waals surface area contributed by atoms with Gasteiger partial charge in [0.15, 0.2) is 0 Å². The molecule has 0 saturated carbocycles. The minimum absolute atomic E-state index is 0.0947. The van der Waals surface area contributed by atoms with Gasteiger partial charge < -0.3 is 38.7 Å². The van der Waals surface area contributed by atoms with E-state index in [4.69, 9.17) is 23.3 Å². The molecule has 1 heterocycles. The van der Waals surface area contributed by atoms with Gasteiger partial charge in [0.1, 0.15) is 16.8 Å². The Labute approximate surface area is 427 Å². The monoisotopic (exact) mass is 1020 g/mol. The highest BCUT2D eigenvalue weighted by molar-refractivity contribution is 7.47. The van der Waals surface area contributed by atoms with Crippen LogP contribution in [0.3, 0.4) is 0 Å². The maximum absolute atomic E-state index is 14.6. The molecular weight excluding hydrogens is 938 g/mol. The molecule has 17 heteroatoms. The topological polar surface area (TPSA) is 168 Å². The lowest BCUT2D eigenvalue weighted by atomic mass is 10.0. The van der Waals surface area contributed by atoms with Crippen molar-refractivity contribution in [2.45, 2.75) is 137 Å². The van der Waals surface area contributed by atoms with Gasteiger partial charge in [-0.15, -0.1) is 0 Å². The first-order valence-corrected chi connectivity index (χ1v) is 26.7. The molecule has 1 aliphatic carbocycles. The van der Waals surface area contributed by atoms with E-state index in [2.05, 4.69) is 18.8 Å². The summed E-state index contributed by atoms with van der Waals surface area (Å²) < 4.78 is 42.5. The molecule has 0 bridgehead atoms. The van der Waals surface area contributed by atoms with Crippen LogP contribution in [0.15, 0.2) is 78.9 Å². The van der Waals surface area contributed by atoms with Crippen LogP contribution in [0, 0.1) is 11.8 Å². The third-order valence-corrected chi connectivity index (χ3v) is 12.8. The van der Waals surface area contributed by atoms with Crippen molar-refractivity contribution in [3.63, 3.8) is 0 Å². The highest BCUT2D eigenvalue weighted by Crippen LogP contribution is 2.51. The highest BCUT2D eigenvalue weighted by atomic mass is 31.2. The van der Waals surface area contributed by atoms with Crippen LogP contribution in [0.25, 0.3) is 0 Å². The van der Waals surface area contributed by atoms with Crippen LogP contribution in [0.2, 0.25) is 0 Å². The van der Waals surface area contributed by atoms with Crippen LogP contribution in [0.1, 0.15) is 127 Å². The van der Waals surface area contributed by atoms with Crippen molar-refractivity contribution in [1.82, 2.24) is 24.5 Å². The summed E-state index contributed by atoms with van der Waals surface area (Å²) in [5.74, 6) is 5.95. The zero-order valence-electron chi connectivity index (χ0n) is 44.2. The Morgan fingerprint density at radius 2 is 1.17 bits per heavy atom. The molecule has 1 unspecified atom stereocenters. The van der Waals surface area contributed by atoms with E-state index in [0.29, 0.717) is 18.7 Å². The third-order valence-electron chi connectivity index (χ3n) is 11.7. The standard InChI is InChI=1S/C55H78N5O11P/c1-11-12-21-42-26-28-44(29-27-42)49(61)60(41-43-22-15-13-16-23-43)48-46-25-18-17-24-45(46)40-47(48)71-72(65,66)67-39-20-14-19-30-56-31-33-57(50(62)68-53(2,3)4)35-37-59(52(64)70-55(8,9)10)38-36-58(34-32-56)51(63)69-54(5,6)7/h13,15-18,22-29,47-48H,11-12,20-21,30-41H2,1-10H3,(H,65,66)/t47-,48+/m0/s1. The summed E-state index contributed by atoms with van der Waals surface area (Å²) in [5, 5.41) is 0. The molecule has 1 aliphatic heterocycles. The maximum Gasteiger partial charge on any atom is 0.472 e. The first-order chi connectivity index (χ1) is 33.9. The van der Waals surface area contributed by atoms with Gasteiger partial charge >= 0.3 is 26.1 Å². The number of unbranched alkanes of at least 4 members (excludes halogenated alkanes) is 1. The molecule has 0 aromatic heterocycles. The van der Waals surface area contributed by atoms with Crippen molar-refractivity contribution < 1.29 is 51.9 Å². The number of phosphoric ester groups is 1. The Kier molecular flexibility index (Phi) is 20.7. The van der Waals surface area contributed by atoms with E-state index < -0.39 is 55.1 Å². The van der Waals surface area contributed by atoms with E-state index in [9.17, 15) is 28.6 Å². The summed E-state index contributed by atoms with van der Waals surface area (Å²) in [7, 11) is -4.68. The van der Waals surface area contributed by atoms with Gasteiger partial charge in [-0.05, 0) is 110 Å². The predicted molar refractivity (Wildman–Crippen MR) is 277 cm³/mol. The minimum atomic E-state index is -4.68. The molecular formula is C55H78N5O11P. The fraction of sp³-hybridized carbons (Fsp3) is 0.564. The molecule has 2 aliphatic rings. The molecule has 1 N–H and O–H groups in total. The predicted octanol–water partition coefficient (Wildman–Crippen LogP) is 9.89. The zero-order valence-corrected chi connectivity index (χ0v) is 45.1. The number of carbonyl (C=O) groups is 4. The second-order valence-corrected chi connectivity index (χ2v) is 22.7. The van der Waals surface area contributed by atoms with Gasteiger partial charge in [-0.2, -0.15) is 0 Å². The molecule has 1 saturated heterocycles. The van der Waals surface area contributed by atoms with Crippen LogP contribution < -0.4 is 0 Å². The lowest BCUT2D eigenvalue weighted by molar-refractivity contribution is 0.00505. The van der Waals surface area contributed by atoms with Gasteiger partial charge in [0.2, 0.25) is 0 Å². The Balaban J connectivity index is 1.29. The number of rotatable bonds is 13. The fourth-order valence-corrected chi connectivity index (χ4v) is 9.16. The van der Waals surface area contributed by atoms with E-state index in [0.717, 1.165) is 41.5 Å². The highest BCUT2D eigenvalue weighted by Gasteiger charge is 2.43. The van der Waals surface area contributed by atoms with Gasteiger partial charge in [0.25, 0.3) is 5.91 Å². The van der Waals surface area contributed by atoms with Crippen LogP contribution in [-0.4, -0.2) is 142 Å². The first kappa shape index (κ1) is 57.5. The summed E-state index contributed by atoms with van der Waals surface area (Å²) >= 11 is 0. The van der Waals surface area contributed by atoms with E-state index in [-0.39, 0.29) is 77.7 Å². The molecule has 394 valence electrons. The summed E-state index contributed by atoms with van der Waals surface area (Å²) in [4.78, 5) is 74.5. The summed E-state index contributed by atoms with van der Waals surface area (Å²) in [5.41, 5.74) is 2.02. The number of carbonyl (C=O) groups excluding carboxylic acids is 4. The van der Waals surface area contributed by atoms with Crippen molar-refractivity contribution >= 4 is 32.0 Å². The first-order valence-electron chi connectivity index (χ1n) is 25.2.